The second kappa shape index (κ2) is 3.71. The lowest BCUT2D eigenvalue weighted by atomic mass is 10.0. The number of para-hydroxylation sites is 2. The van der Waals surface area contributed by atoms with Crippen molar-refractivity contribution >= 4 is 33.0 Å². The highest BCUT2D eigenvalue weighted by atomic mass is 32.2. The zero-order valence-electron chi connectivity index (χ0n) is 10.4. The van der Waals surface area contributed by atoms with Gasteiger partial charge in [0, 0.05) is 28.9 Å². The Kier molecular flexibility index (Phi) is 2.11. The van der Waals surface area contributed by atoms with E-state index in [4.69, 9.17) is 0 Å². The van der Waals surface area contributed by atoms with Gasteiger partial charge in [-0.1, -0.05) is 36.4 Å². The number of rotatable bonds is 0. The van der Waals surface area contributed by atoms with Crippen LogP contribution in [0.25, 0.3) is 0 Å². The molecule has 2 aromatic rings. The topological polar surface area (TPSA) is 32.3 Å². The Bertz CT molecular complexity index is 751. The van der Waals surface area contributed by atoms with Crippen LogP contribution in [0, 0.1) is 0 Å². The van der Waals surface area contributed by atoms with Crippen molar-refractivity contribution in [3.8, 4) is 0 Å². The monoisotopic (exact) mass is 268 g/mol. The second-order valence-electron chi connectivity index (χ2n) is 4.59. The fourth-order valence-electron chi connectivity index (χ4n) is 2.65. The van der Waals surface area contributed by atoms with Crippen molar-refractivity contribution in [1.82, 2.24) is 0 Å². The van der Waals surface area contributed by atoms with E-state index in [0.29, 0.717) is 0 Å². The quantitative estimate of drug-likeness (QED) is 0.744. The molecule has 19 heavy (non-hydrogen) atoms. The van der Waals surface area contributed by atoms with Gasteiger partial charge in [0.05, 0.1) is 16.2 Å². The number of anilines is 2. The van der Waals surface area contributed by atoms with E-state index in [1.54, 1.807) is 6.92 Å². The molecule has 0 fully saturated rings. The number of carbonyl (C=O) groups is 1. The normalized spacial score (nSPS) is 18.7. The van der Waals surface area contributed by atoms with Gasteiger partial charge in [-0.2, -0.15) is 0 Å². The minimum absolute atomic E-state index is 0.0751. The highest BCUT2D eigenvalue weighted by molar-refractivity contribution is 8.20. The molecule has 1 atom stereocenters. The van der Waals surface area contributed by atoms with Crippen molar-refractivity contribution < 1.29 is 4.79 Å². The van der Waals surface area contributed by atoms with E-state index in [2.05, 4.69) is 22.9 Å². The van der Waals surface area contributed by atoms with Crippen molar-refractivity contribution in [1.29, 1.82) is 0 Å². The minimum atomic E-state index is -0.378. The highest BCUT2D eigenvalue weighted by Gasteiger charge is 2.36. The average Bonchev–Trinajstić information content (AvgIpc) is 2.91. The first-order valence-electron chi connectivity index (χ1n) is 6.15. The molecule has 4 heteroatoms. The first kappa shape index (κ1) is 10.8. The van der Waals surface area contributed by atoms with E-state index in [9.17, 15) is 4.79 Å². The van der Waals surface area contributed by atoms with E-state index in [1.807, 2.05) is 34.6 Å². The molecular formula is C15H12N2OS. The summed E-state index contributed by atoms with van der Waals surface area (Å²) in [5.74, 6) is 0.0751. The zero-order valence-corrected chi connectivity index (χ0v) is 11.2. The largest absolute Gasteiger partial charge is 0.318 e. The summed E-state index contributed by atoms with van der Waals surface area (Å²) in [6.07, 6.45) is 0. The van der Waals surface area contributed by atoms with Crippen LogP contribution < -0.4 is 9.03 Å². The molecular weight excluding hydrogens is 256 g/mol. The van der Waals surface area contributed by atoms with E-state index in [-0.39, 0.29) is 16.8 Å². The first-order chi connectivity index (χ1) is 9.27. The summed E-state index contributed by atoms with van der Waals surface area (Å²) in [6, 6.07) is 16.3. The predicted octanol–water partition coefficient (Wildman–Crippen LogP) is 3.15. The molecule has 1 N–H and O–H groups in total. The van der Waals surface area contributed by atoms with Crippen LogP contribution in [0.1, 0.15) is 18.1 Å². The van der Waals surface area contributed by atoms with Gasteiger partial charge in [-0.05, 0) is 12.1 Å². The Balaban J connectivity index is 2.01. The molecule has 2 aliphatic heterocycles. The van der Waals surface area contributed by atoms with Crippen LogP contribution >= 0.6 is 10.9 Å². The van der Waals surface area contributed by atoms with Crippen molar-refractivity contribution in [3.63, 3.8) is 0 Å². The van der Waals surface area contributed by atoms with Crippen LogP contribution in [0.15, 0.2) is 48.5 Å². The van der Waals surface area contributed by atoms with Crippen LogP contribution in [0.3, 0.4) is 0 Å². The van der Waals surface area contributed by atoms with Crippen molar-refractivity contribution in [2.75, 3.05) is 9.03 Å². The minimum Gasteiger partial charge on any atom is -0.318 e. The van der Waals surface area contributed by atoms with Gasteiger partial charge < -0.3 is 4.72 Å². The summed E-state index contributed by atoms with van der Waals surface area (Å²) in [5, 5.41) is 0. The Labute approximate surface area is 114 Å². The molecule has 2 aromatic carbocycles. The van der Waals surface area contributed by atoms with Gasteiger partial charge in [0.1, 0.15) is 0 Å². The molecule has 4 rings (SSSR count). The van der Waals surface area contributed by atoms with Crippen LogP contribution in [0.4, 0.5) is 11.4 Å². The third-order valence-corrected chi connectivity index (χ3v) is 5.47. The number of hydrogen-bond acceptors (Lipinski definition) is 2. The van der Waals surface area contributed by atoms with Gasteiger partial charge >= 0.3 is 0 Å². The first-order valence-corrected chi connectivity index (χ1v) is 7.33. The number of carbonyl (C=O) groups excluding carboxylic acids is 1. The summed E-state index contributed by atoms with van der Waals surface area (Å²) >= 11 is 0. The molecule has 0 radical (unpaired) electrons. The van der Waals surface area contributed by atoms with Crippen LogP contribution in [-0.4, -0.2) is 10.8 Å². The van der Waals surface area contributed by atoms with Crippen molar-refractivity contribution in [2.45, 2.75) is 6.92 Å². The van der Waals surface area contributed by atoms with Gasteiger partial charge in [0.25, 0.3) is 0 Å². The third-order valence-electron chi connectivity index (χ3n) is 3.41. The number of nitrogens with one attached hydrogen (secondary N) is 1. The van der Waals surface area contributed by atoms with E-state index < -0.39 is 0 Å². The second-order valence-corrected chi connectivity index (χ2v) is 6.14. The molecule has 0 bridgehead atoms. The van der Waals surface area contributed by atoms with Crippen LogP contribution in [0.2, 0.25) is 0 Å². The van der Waals surface area contributed by atoms with E-state index in [1.165, 1.54) is 16.0 Å². The number of nitrogens with zero attached hydrogens (tertiary/aromatic N) is 1. The average molecular weight is 268 g/mol. The molecule has 3 nitrogen and oxygen atoms in total. The molecule has 1 unspecified atom stereocenters. The molecule has 0 aromatic heterocycles. The smallest absolute Gasteiger partial charge is 0.234 e. The molecule has 0 aliphatic carbocycles. The van der Waals surface area contributed by atoms with Crippen LogP contribution in [0.5, 0.6) is 0 Å². The van der Waals surface area contributed by atoms with Gasteiger partial charge in [0.2, 0.25) is 5.91 Å². The predicted molar refractivity (Wildman–Crippen MR) is 80.5 cm³/mol. The van der Waals surface area contributed by atoms with Gasteiger partial charge in [-0.25, -0.2) is 4.31 Å². The number of benzene rings is 2. The fraction of sp³-hybridized carbons (Fsp3) is 0.0667. The summed E-state index contributed by atoms with van der Waals surface area (Å²) in [7, 11) is -0.378. The Morgan fingerprint density at radius 3 is 2.53 bits per heavy atom. The summed E-state index contributed by atoms with van der Waals surface area (Å²) in [4.78, 5) is 13.2. The highest BCUT2D eigenvalue weighted by Crippen LogP contribution is 2.48. The Morgan fingerprint density at radius 1 is 1.05 bits per heavy atom. The maximum absolute atomic E-state index is 12.0. The van der Waals surface area contributed by atoms with Gasteiger partial charge in [-0.15, -0.1) is 0 Å². The summed E-state index contributed by atoms with van der Waals surface area (Å²) < 4.78 is 5.34. The SMILES string of the molecule is CC(=O)N1c2ccccc2C2=S1Nc1ccccc12. The maximum Gasteiger partial charge on any atom is 0.234 e. The Morgan fingerprint density at radius 2 is 1.74 bits per heavy atom. The third kappa shape index (κ3) is 1.35. The lowest BCUT2D eigenvalue weighted by Crippen LogP contribution is -2.22. The van der Waals surface area contributed by atoms with E-state index >= 15 is 0 Å². The number of amides is 1. The molecule has 0 spiro atoms. The molecule has 94 valence electrons. The molecule has 1 amide bonds. The van der Waals surface area contributed by atoms with Crippen LogP contribution in [-0.2, 0) is 4.79 Å². The lowest BCUT2D eigenvalue weighted by molar-refractivity contribution is -0.115. The van der Waals surface area contributed by atoms with Gasteiger partial charge in [0.15, 0.2) is 0 Å². The fourth-order valence-corrected chi connectivity index (χ4v) is 4.80. The van der Waals surface area contributed by atoms with Gasteiger partial charge in [-0.3, -0.25) is 4.79 Å². The number of hydrogen-bond donors (Lipinski definition) is 1. The maximum atomic E-state index is 12.0. The standard InChI is InChI=1S/C15H12N2OS/c1-10(18)17-14-9-5-3-7-12(14)15-11-6-2-4-8-13(11)16-19(15)17/h2-9,16H,1H3. The molecule has 2 heterocycles. The molecule has 0 saturated carbocycles. The molecule has 0 saturated heterocycles. The zero-order chi connectivity index (χ0) is 13.0. The van der Waals surface area contributed by atoms with Crippen molar-refractivity contribution in [3.05, 3.63) is 59.7 Å². The molecule has 2 aliphatic rings. The van der Waals surface area contributed by atoms with E-state index in [0.717, 1.165) is 11.4 Å². The Hall–Kier alpha value is -2.07. The summed E-state index contributed by atoms with van der Waals surface area (Å²) in [6.45, 7) is 1.62. The number of fused-ring (bicyclic) bond motifs is 4. The lowest BCUT2D eigenvalue weighted by Gasteiger charge is -2.20. The van der Waals surface area contributed by atoms with Crippen molar-refractivity contribution in [2.24, 2.45) is 0 Å². The summed E-state index contributed by atoms with van der Waals surface area (Å²) in [5.41, 5.74) is 4.50.